The number of para-hydroxylation sites is 1. The number of hydrogen-bond donors (Lipinski definition) is 0. The fourth-order valence-electron chi connectivity index (χ4n) is 3.35. The summed E-state index contributed by atoms with van der Waals surface area (Å²) in [7, 11) is 0. The van der Waals surface area contributed by atoms with E-state index in [-0.39, 0.29) is 18.3 Å². The van der Waals surface area contributed by atoms with Gasteiger partial charge in [-0.25, -0.2) is 9.78 Å². The van der Waals surface area contributed by atoms with Gasteiger partial charge in [0.25, 0.3) is 5.56 Å². The molecule has 0 unspecified atom stereocenters. The molecular formula is C26H21Br2N3O4. The Morgan fingerprint density at radius 3 is 2.40 bits per heavy atom. The van der Waals surface area contributed by atoms with Crippen LogP contribution in [0.5, 0.6) is 5.75 Å². The maximum absolute atomic E-state index is 13.3. The fourth-order valence-corrected chi connectivity index (χ4v) is 4.80. The van der Waals surface area contributed by atoms with E-state index in [2.05, 4.69) is 37.0 Å². The topological polar surface area (TPSA) is 82.8 Å². The quantitative estimate of drug-likeness (QED) is 0.198. The van der Waals surface area contributed by atoms with E-state index >= 15 is 0 Å². The Hall–Kier alpha value is -3.30. The van der Waals surface area contributed by atoms with Crippen LogP contribution in [-0.4, -0.2) is 34.6 Å². The van der Waals surface area contributed by atoms with Crippen LogP contribution in [0.2, 0.25) is 0 Å². The number of aromatic nitrogens is 2. The van der Waals surface area contributed by atoms with Crippen LogP contribution in [0.1, 0.15) is 19.4 Å². The average molecular weight is 599 g/mol. The summed E-state index contributed by atoms with van der Waals surface area (Å²) >= 11 is 6.95. The lowest BCUT2D eigenvalue weighted by atomic mass is 10.2. The molecule has 0 saturated carbocycles. The fraction of sp³-hybridized carbons (Fsp3) is 0.154. The molecule has 7 nitrogen and oxygen atoms in total. The van der Waals surface area contributed by atoms with Crippen LogP contribution in [0, 0.1) is 0 Å². The van der Waals surface area contributed by atoms with Crippen LogP contribution in [0.4, 0.5) is 0 Å². The summed E-state index contributed by atoms with van der Waals surface area (Å²) in [6, 6.07) is 20.2. The maximum Gasteiger partial charge on any atom is 0.344 e. The molecule has 4 rings (SSSR count). The molecule has 178 valence electrons. The minimum Gasteiger partial charge on any atom is -0.480 e. The van der Waals surface area contributed by atoms with E-state index < -0.39 is 5.97 Å². The van der Waals surface area contributed by atoms with Gasteiger partial charge in [0.1, 0.15) is 5.75 Å². The number of benzene rings is 3. The lowest BCUT2D eigenvalue weighted by Gasteiger charge is -2.12. The van der Waals surface area contributed by atoms with Gasteiger partial charge in [-0.1, -0.05) is 42.5 Å². The molecule has 1 heterocycles. The van der Waals surface area contributed by atoms with Gasteiger partial charge in [0.05, 0.1) is 32.2 Å². The van der Waals surface area contributed by atoms with Gasteiger partial charge in [-0.15, -0.1) is 0 Å². The average Bonchev–Trinajstić information content (AvgIpc) is 2.83. The van der Waals surface area contributed by atoms with Gasteiger partial charge in [0.2, 0.25) is 0 Å². The molecule has 9 heteroatoms. The number of rotatable bonds is 7. The highest BCUT2D eigenvalue weighted by molar-refractivity contribution is 9.11. The molecule has 0 radical (unpaired) electrons. The second-order valence-corrected chi connectivity index (χ2v) is 9.53. The van der Waals surface area contributed by atoms with Crippen LogP contribution in [0.25, 0.3) is 22.3 Å². The highest BCUT2D eigenvalue weighted by Gasteiger charge is 2.14. The minimum absolute atomic E-state index is 0.217. The van der Waals surface area contributed by atoms with Crippen molar-refractivity contribution < 1.29 is 14.3 Å². The van der Waals surface area contributed by atoms with Crippen molar-refractivity contribution in [2.45, 2.75) is 20.0 Å². The molecule has 4 aromatic rings. The normalized spacial score (nSPS) is 11.3. The molecule has 0 bridgehead atoms. The third-order valence-electron chi connectivity index (χ3n) is 4.83. The number of esters is 1. The van der Waals surface area contributed by atoms with Gasteiger partial charge in [-0.2, -0.15) is 9.78 Å². The van der Waals surface area contributed by atoms with Gasteiger partial charge in [0, 0.05) is 5.56 Å². The van der Waals surface area contributed by atoms with Crippen LogP contribution >= 0.6 is 31.9 Å². The SMILES string of the molecule is CC(C)OC(=O)COc1c(Br)cc(C=Nn2c(-c3ccccc3)nc3ccccc3c2=O)cc1Br. The van der Waals surface area contributed by atoms with Crippen LogP contribution in [0.15, 0.2) is 85.6 Å². The Kier molecular flexibility index (Phi) is 7.77. The first-order chi connectivity index (χ1) is 16.8. The van der Waals surface area contributed by atoms with Crippen molar-refractivity contribution in [3.8, 4) is 17.1 Å². The van der Waals surface area contributed by atoms with Gasteiger partial charge in [-0.05, 0) is 75.5 Å². The first-order valence-corrected chi connectivity index (χ1v) is 12.3. The zero-order valence-corrected chi connectivity index (χ0v) is 22.1. The molecule has 0 spiro atoms. The van der Waals surface area contributed by atoms with Crippen molar-refractivity contribution in [3.63, 3.8) is 0 Å². The number of nitrogens with zero attached hydrogens (tertiary/aromatic N) is 3. The van der Waals surface area contributed by atoms with E-state index in [1.54, 1.807) is 50.4 Å². The number of ether oxygens (including phenoxy) is 2. The van der Waals surface area contributed by atoms with E-state index in [1.807, 2.05) is 36.4 Å². The first-order valence-electron chi connectivity index (χ1n) is 10.8. The Morgan fingerprint density at radius 1 is 1.06 bits per heavy atom. The summed E-state index contributed by atoms with van der Waals surface area (Å²) in [6.45, 7) is 3.33. The van der Waals surface area contributed by atoms with Crippen molar-refractivity contribution in [3.05, 3.63) is 91.6 Å². The predicted octanol–water partition coefficient (Wildman–Crippen LogP) is 5.80. The van der Waals surface area contributed by atoms with Crippen LogP contribution in [0.3, 0.4) is 0 Å². The van der Waals surface area contributed by atoms with Crippen molar-refractivity contribution in [2.75, 3.05) is 6.61 Å². The Balaban J connectivity index is 1.69. The monoisotopic (exact) mass is 597 g/mol. The van der Waals surface area contributed by atoms with E-state index in [9.17, 15) is 9.59 Å². The molecule has 0 amide bonds. The molecule has 0 atom stereocenters. The molecule has 0 aliphatic rings. The smallest absolute Gasteiger partial charge is 0.344 e. The number of fused-ring (bicyclic) bond motifs is 1. The molecular weight excluding hydrogens is 578 g/mol. The number of halogens is 2. The second kappa shape index (κ2) is 11.0. The number of carbonyl (C=O) groups is 1. The van der Waals surface area contributed by atoms with Crippen molar-refractivity contribution in [2.24, 2.45) is 5.10 Å². The summed E-state index contributed by atoms with van der Waals surface area (Å²) in [4.78, 5) is 29.8. The molecule has 0 aliphatic heterocycles. The molecule has 35 heavy (non-hydrogen) atoms. The predicted molar refractivity (Wildman–Crippen MR) is 143 cm³/mol. The third kappa shape index (κ3) is 5.86. The molecule has 0 fully saturated rings. The zero-order valence-electron chi connectivity index (χ0n) is 18.9. The Morgan fingerprint density at radius 2 is 1.71 bits per heavy atom. The highest BCUT2D eigenvalue weighted by Crippen LogP contribution is 2.34. The Bertz CT molecular complexity index is 1440. The minimum atomic E-state index is -0.457. The molecule has 3 aromatic carbocycles. The van der Waals surface area contributed by atoms with Crippen molar-refractivity contribution in [1.82, 2.24) is 9.66 Å². The van der Waals surface area contributed by atoms with Gasteiger partial charge in [0.15, 0.2) is 12.4 Å². The zero-order chi connectivity index (χ0) is 24.9. The lowest BCUT2D eigenvalue weighted by Crippen LogP contribution is -2.20. The van der Waals surface area contributed by atoms with Gasteiger partial charge >= 0.3 is 5.97 Å². The largest absolute Gasteiger partial charge is 0.480 e. The first kappa shape index (κ1) is 24.8. The van der Waals surface area contributed by atoms with Crippen molar-refractivity contribution >= 4 is 54.9 Å². The van der Waals surface area contributed by atoms with Gasteiger partial charge in [-0.3, -0.25) is 4.79 Å². The maximum atomic E-state index is 13.3. The summed E-state index contributed by atoms with van der Waals surface area (Å²) < 4.78 is 13.2. The third-order valence-corrected chi connectivity index (χ3v) is 6.01. The van der Waals surface area contributed by atoms with Crippen LogP contribution in [-0.2, 0) is 9.53 Å². The summed E-state index contributed by atoms with van der Waals surface area (Å²) in [5.74, 6) is 0.436. The Labute approximate surface area is 218 Å². The van der Waals surface area contributed by atoms with Crippen molar-refractivity contribution in [1.29, 1.82) is 0 Å². The van der Waals surface area contributed by atoms with E-state index in [0.29, 0.717) is 37.0 Å². The molecule has 0 saturated heterocycles. The summed E-state index contributed by atoms with van der Waals surface area (Å²) in [5.41, 5.74) is 1.80. The van der Waals surface area contributed by atoms with Crippen LogP contribution < -0.4 is 10.3 Å². The highest BCUT2D eigenvalue weighted by atomic mass is 79.9. The standard InChI is InChI=1S/C26H21Br2N3O4/c1-16(2)35-23(32)15-34-24-20(27)12-17(13-21(24)28)14-29-31-25(18-8-4-3-5-9-18)30-22-11-7-6-10-19(22)26(31)33/h3-14,16H,15H2,1-2H3. The summed E-state index contributed by atoms with van der Waals surface area (Å²) in [6.07, 6.45) is 1.35. The van der Waals surface area contributed by atoms with E-state index in [4.69, 9.17) is 14.5 Å². The number of hydrogen-bond acceptors (Lipinski definition) is 6. The molecule has 0 N–H and O–H groups in total. The second-order valence-electron chi connectivity index (χ2n) is 7.82. The van der Waals surface area contributed by atoms with E-state index in [1.165, 1.54) is 4.68 Å². The number of carbonyl (C=O) groups excluding carboxylic acids is 1. The van der Waals surface area contributed by atoms with E-state index in [0.717, 1.165) is 5.56 Å². The summed E-state index contributed by atoms with van der Waals surface area (Å²) in [5, 5.41) is 4.96. The molecule has 0 aliphatic carbocycles. The lowest BCUT2D eigenvalue weighted by molar-refractivity contribution is -0.149. The van der Waals surface area contributed by atoms with Gasteiger partial charge < -0.3 is 9.47 Å². The molecule has 1 aromatic heterocycles.